The summed E-state index contributed by atoms with van der Waals surface area (Å²) in [5, 5.41) is 8.80. The van der Waals surface area contributed by atoms with E-state index in [0.717, 1.165) is 0 Å². The third kappa shape index (κ3) is 2.75. The molecule has 0 amide bonds. The standard InChI is InChI=1S/C9H12O2/c1-3-4-8-9(11-8)6-5-7(2)10/h3-4,7-10H,1-2H3/b4-3+/t7?,8-,9+/m1/s1. The zero-order valence-corrected chi connectivity index (χ0v) is 6.74. The van der Waals surface area contributed by atoms with E-state index in [1.54, 1.807) is 6.92 Å². The number of hydrogen-bond donors (Lipinski definition) is 1. The van der Waals surface area contributed by atoms with E-state index in [4.69, 9.17) is 9.84 Å². The van der Waals surface area contributed by atoms with E-state index in [-0.39, 0.29) is 12.2 Å². The van der Waals surface area contributed by atoms with E-state index in [0.29, 0.717) is 0 Å². The number of aliphatic hydroxyl groups is 1. The van der Waals surface area contributed by atoms with Crippen molar-refractivity contribution in [3.63, 3.8) is 0 Å². The molecule has 0 aliphatic carbocycles. The zero-order valence-electron chi connectivity index (χ0n) is 6.74. The summed E-state index contributed by atoms with van der Waals surface area (Å²) < 4.78 is 5.14. The van der Waals surface area contributed by atoms with E-state index in [2.05, 4.69) is 11.8 Å². The summed E-state index contributed by atoms with van der Waals surface area (Å²) in [6, 6.07) is 0. The number of rotatable bonds is 1. The van der Waals surface area contributed by atoms with Gasteiger partial charge in [0.1, 0.15) is 18.3 Å². The third-order valence-electron chi connectivity index (χ3n) is 1.34. The van der Waals surface area contributed by atoms with Crippen LogP contribution in [0.4, 0.5) is 0 Å². The maximum Gasteiger partial charge on any atom is 0.148 e. The maximum absolute atomic E-state index is 8.80. The highest BCUT2D eigenvalue weighted by Gasteiger charge is 2.34. The highest BCUT2D eigenvalue weighted by Crippen LogP contribution is 2.21. The van der Waals surface area contributed by atoms with Crippen molar-refractivity contribution in [2.45, 2.75) is 32.2 Å². The lowest BCUT2D eigenvalue weighted by molar-refractivity contribution is 0.253. The van der Waals surface area contributed by atoms with Gasteiger partial charge in [-0.2, -0.15) is 0 Å². The van der Waals surface area contributed by atoms with Crippen LogP contribution in [-0.4, -0.2) is 23.4 Å². The fraction of sp³-hybridized carbons (Fsp3) is 0.556. The van der Waals surface area contributed by atoms with Crippen molar-refractivity contribution in [1.29, 1.82) is 0 Å². The SMILES string of the molecule is C/C=C/[C@H]1O[C@H]1C#CC(C)O. The second-order valence-corrected chi connectivity index (χ2v) is 2.51. The minimum atomic E-state index is -0.551. The van der Waals surface area contributed by atoms with Gasteiger partial charge in [-0.15, -0.1) is 0 Å². The molecule has 1 aliphatic rings. The topological polar surface area (TPSA) is 32.8 Å². The molecular weight excluding hydrogens is 140 g/mol. The number of allylic oxidation sites excluding steroid dienone is 1. The Balaban J connectivity index is 2.30. The first-order valence-electron chi connectivity index (χ1n) is 3.71. The summed E-state index contributed by atoms with van der Waals surface area (Å²) in [7, 11) is 0. The molecule has 0 radical (unpaired) electrons. The van der Waals surface area contributed by atoms with Crippen molar-refractivity contribution in [3.8, 4) is 11.8 Å². The first kappa shape index (κ1) is 8.32. The Morgan fingerprint density at radius 3 is 2.91 bits per heavy atom. The minimum Gasteiger partial charge on any atom is -0.381 e. The first-order valence-corrected chi connectivity index (χ1v) is 3.71. The Morgan fingerprint density at radius 2 is 2.36 bits per heavy atom. The Morgan fingerprint density at radius 1 is 1.64 bits per heavy atom. The normalized spacial score (nSPS) is 31.2. The fourth-order valence-electron chi connectivity index (χ4n) is 0.779. The average Bonchev–Trinajstić information content (AvgIpc) is 2.64. The van der Waals surface area contributed by atoms with E-state index in [1.165, 1.54) is 0 Å². The quantitative estimate of drug-likeness (QED) is 0.341. The summed E-state index contributed by atoms with van der Waals surface area (Å²) in [6.45, 7) is 3.58. The molecule has 0 aromatic carbocycles. The van der Waals surface area contributed by atoms with Crippen LogP contribution < -0.4 is 0 Å². The summed E-state index contributed by atoms with van der Waals surface area (Å²) in [5.41, 5.74) is 0. The van der Waals surface area contributed by atoms with Gasteiger partial charge in [-0.05, 0) is 13.8 Å². The molecule has 1 aliphatic heterocycles. The molecule has 1 N–H and O–H groups in total. The Kier molecular flexibility index (Phi) is 2.70. The lowest BCUT2D eigenvalue weighted by atomic mass is 10.3. The zero-order chi connectivity index (χ0) is 8.27. The highest BCUT2D eigenvalue weighted by atomic mass is 16.6. The molecule has 2 nitrogen and oxygen atoms in total. The van der Waals surface area contributed by atoms with Crippen LogP contribution in [0.2, 0.25) is 0 Å². The molecule has 60 valence electrons. The van der Waals surface area contributed by atoms with Crippen LogP contribution in [0.25, 0.3) is 0 Å². The van der Waals surface area contributed by atoms with Crippen LogP contribution in [0, 0.1) is 11.8 Å². The van der Waals surface area contributed by atoms with Gasteiger partial charge in [0.25, 0.3) is 0 Å². The van der Waals surface area contributed by atoms with Gasteiger partial charge in [0.15, 0.2) is 0 Å². The Labute approximate surface area is 66.9 Å². The Bertz CT molecular complexity index is 207. The van der Waals surface area contributed by atoms with Crippen LogP contribution in [0.15, 0.2) is 12.2 Å². The first-order chi connectivity index (χ1) is 5.24. The minimum absolute atomic E-state index is 0.0146. The van der Waals surface area contributed by atoms with Crippen LogP contribution in [-0.2, 0) is 4.74 Å². The number of hydrogen-bond acceptors (Lipinski definition) is 2. The van der Waals surface area contributed by atoms with E-state index in [9.17, 15) is 0 Å². The van der Waals surface area contributed by atoms with Gasteiger partial charge in [0.05, 0.1) is 0 Å². The van der Waals surface area contributed by atoms with Gasteiger partial charge in [-0.3, -0.25) is 0 Å². The number of ether oxygens (including phenoxy) is 1. The predicted molar refractivity (Wildman–Crippen MR) is 42.9 cm³/mol. The molecule has 1 saturated heterocycles. The van der Waals surface area contributed by atoms with Crippen molar-refractivity contribution < 1.29 is 9.84 Å². The molecule has 0 aromatic rings. The van der Waals surface area contributed by atoms with Gasteiger partial charge in [-0.25, -0.2) is 0 Å². The molecule has 1 fully saturated rings. The second-order valence-electron chi connectivity index (χ2n) is 2.51. The predicted octanol–water partition coefficient (Wildman–Crippen LogP) is 0.714. The number of aliphatic hydroxyl groups excluding tert-OH is 1. The van der Waals surface area contributed by atoms with Crippen LogP contribution in [0.1, 0.15) is 13.8 Å². The molecule has 11 heavy (non-hydrogen) atoms. The lowest BCUT2D eigenvalue weighted by Crippen LogP contribution is -1.94. The fourth-order valence-corrected chi connectivity index (χ4v) is 0.779. The summed E-state index contributed by atoms with van der Waals surface area (Å²) >= 11 is 0. The smallest absolute Gasteiger partial charge is 0.148 e. The van der Waals surface area contributed by atoms with Gasteiger partial charge < -0.3 is 9.84 Å². The largest absolute Gasteiger partial charge is 0.381 e. The van der Waals surface area contributed by atoms with Crippen LogP contribution in [0.3, 0.4) is 0 Å². The van der Waals surface area contributed by atoms with Gasteiger partial charge >= 0.3 is 0 Å². The molecule has 0 bridgehead atoms. The molecule has 0 spiro atoms. The molecule has 0 saturated carbocycles. The van der Waals surface area contributed by atoms with Crippen LogP contribution in [0.5, 0.6) is 0 Å². The maximum atomic E-state index is 8.80. The van der Waals surface area contributed by atoms with Crippen molar-refractivity contribution in [3.05, 3.63) is 12.2 Å². The van der Waals surface area contributed by atoms with E-state index in [1.807, 2.05) is 19.1 Å². The van der Waals surface area contributed by atoms with Gasteiger partial charge in [-0.1, -0.05) is 24.0 Å². The molecular formula is C9H12O2. The lowest BCUT2D eigenvalue weighted by Gasteiger charge is -1.84. The van der Waals surface area contributed by atoms with Crippen LogP contribution >= 0.6 is 0 Å². The van der Waals surface area contributed by atoms with Crippen molar-refractivity contribution >= 4 is 0 Å². The molecule has 0 aromatic heterocycles. The number of epoxide rings is 1. The van der Waals surface area contributed by atoms with E-state index >= 15 is 0 Å². The summed E-state index contributed by atoms with van der Waals surface area (Å²) in [4.78, 5) is 0. The van der Waals surface area contributed by atoms with Gasteiger partial charge in [0.2, 0.25) is 0 Å². The summed E-state index contributed by atoms with van der Waals surface area (Å²) in [6.07, 6.45) is 3.52. The molecule has 1 rings (SSSR count). The van der Waals surface area contributed by atoms with E-state index < -0.39 is 6.10 Å². The summed E-state index contributed by atoms with van der Waals surface area (Å²) in [5.74, 6) is 5.46. The van der Waals surface area contributed by atoms with Crippen molar-refractivity contribution in [2.75, 3.05) is 0 Å². The molecule has 1 unspecified atom stereocenters. The highest BCUT2D eigenvalue weighted by molar-refractivity contribution is 5.20. The third-order valence-corrected chi connectivity index (χ3v) is 1.34. The molecule has 2 heteroatoms. The molecule has 3 atom stereocenters. The monoisotopic (exact) mass is 152 g/mol. The second kappa shape index (κ2) is 3.56. The molecule has 1 heterocycles. The van der Waals surface area contributed by atoms with Crippen molar-refractivity contribution in [1.82, 2.24) is 0 Å². The Hall–Kier alpha value is -0.780. The average molecular weight is 152 g/mol. The van der Waals surface area contributed by atoms with Crippen molar-refractivity contribution in [2.24, 2.45) is 0 Å². The van der Waals surface area contributed by atoms with Gasteiger partial charge in [0, 0.05) is 0 Å².